The lowest BCUT2D eigenvalue weighted by Gasteiger charge is -2.03. The Bertz CT molecular complexity index is 166. The molecule has 0 aliphatic heterocycles. The van der Waals surface area contributed by atoms with Crippen LogP contribution in [0, 0.1) is 0 Å². The Balaban J connectivity index is 3.16. The van der Waals surface area contributed by atoms with Crippen LogP contribution in [0.15, 0.2) is 0 Å². The van der Waals surface area contributed by atoms with Crippen molar-refractivity contribution < 1.29 is 28.9 Å². The van der Waals surface area contributed by atoms with E-state index in [9.17, 15) is 9.59 Å². The number of rotatable bonds is 5. The highest BCUT2D eigenvalue weighted by molar-refractivity contribution is 5.59. The van der Waals surface area contributed by atoms with E-state index in [1.807, 2.05) is 0 Å². The zero-order valence-corrected chi connectivity index (χ0v) is 7.32. The van der Waals surface area contributed by atoms with Crippen LogP contribution in [0.3, 0.4) is 0 Å². The molecule has 0 aromatic rings. The van der Waals surface area contributed by atoms with Gasteiger partial charge in [0.25, 0.3) is 0 Å². The zero-order valence-electron chi connectivity index (χ0n) is 7.32. The number of carbonyl (C=O) groups is 2. The van der Waals surface area contributed by atoms with E-state index in [0.717, 1.165) is 0 Å². The molecule has 76 valence electrons. The number of hydrogen-bond donors (Lipinski definition) is 1. The van der Waals surface area contributed by atoms with Gasteiger partial charge in [-0.05, 0) is 6.92 Å². The summed E-state index contributed by atoms with van der Waals surface area (Å²) in [5, 5.41) is 8.05. The Kier molecular flexibility index (Phi) is 6.39. The Morgan fingerprint density at radius 1 is 1.15 bits per heavy atom. The molecule has 13 heavy (non-hydrogen) atoms. The standard InChI is InChI=1S/C7H12O6/c1-2-11-7(10)13-5-3-4-12-6(8)9/h2-5H2,1H3,(H,8,9). The Labute approximate surface area is 75.4 Å². The summed E-state index contributed by atoms with van der Waals surface area (Å²) in [7, 11) is 0. The predicted molar refractivity (Wildman–Crippen MR) is 41.6 cm³/mol. The molecule has 6 nitrogen and oxygen atoms in total. The maximum atomic E-state index is 10.5. The fraction of sp³-hybridized carbons (Fsp3) is 0.714. The lowest BCUT2D eigenvalue weighted by Crippen LogP contribution is -2.10. The summed E-state index contributed by atoms with van der Waals surface area (Å²) in [4.78, 5) is 20.4. The molecule has 0 aromatic heterocycles. The molecule has 0 unspecified atom stereocenters. The molecule has 0 heterocycles. The molecular weight excluding hydrogens is 180 g/mol. The molecule has 6 heteroatoms. The molecule has 0 atom stereocenters. The molecule has 0 aromatic carbocycles. The van der Waals surface area contributed by atoms with E-state index in [-0.39, 0.29) is 19.8 Å². The topological polar surface area (TPSA) is 82.1 Å². The number of ether oxygens (including phenoxy) is 3. The molecule has 0 fully saturated rings. The molecule has 0 rings (SSSR count). The molecule has 0 amide bonds. The van der Waals surface area contributed by atoms with Crippen molar-refractivity contribution in [2.75, 3.05) is 19.8 Å². The van der Waals surface area contributed by atoms with Crippen molar-refractivity contribution in [2.24, 2.45) is 0 Å². The lowest BCUT2D eigenvalue weighted by molar-refractivity contribution is 0.0490. The summed E-state index contributed by atoms with van der Waals surface area (Å²) in [6, 6.07) is 0. The molecule has 0 radical (unpaired) electrons. The van der Waals surface area contributed by atoms with Gasteiger partial charge in [0.05, 0.1) is 19.8 Å². The fourth-order valence-corrected chi connectivity index (χ4v) is 0.533. The fourth-order valence-electron chi connectivity index (χ4n) is 0.533. The van der Waals surface area contributed by atoms with E-state index in [2.05, 4.69) is 14.2 Å². The normalized spacial score (nSPS) is 9.00. The third-order valence-corrected chi connectivity index (χ3v) is 0.996. The third kappa shape index (κ3) is 8.45. The van der Waals surface area contributed by atoms with Crippen LogP contribution in [0.2, 0.25) is 0 Å². The predicted octanol–water partition coefficient (Wildman–Crippen LogP) is 1.24. The highest BCUT2D eigenvalue weighted by atomic mass is 16.7. The molecular formula is C7H12O6. The second kappa shape index (κ2) is 7.20. The lowest BCUT2D eigenvalue weighted by atomic mass is 10.5. The van der Waals surface area contributed by atoms with Crippen LogP contribution in [-0.4, -0.2) is 37.2 Å². The van der Waals surface area contributed by atoms with Gasteiger partial charge in [-0.3, -0.25) is 0 Å². The third-order valence-electron chi connectivity index (χ3n) is 0.996. The SMILES string of the molecule is CCOC(=O)OCCCOC(=O)O. The van der Waals surface area contributed by atoms with Gasteiger partial charge in [-0.2, -0.15) is 0 Å². The van der Waals surface area contributed by atoms with Crippen LogP contribution in [-0.2, 0) is 14.2 Å². The second-order valence-electron chi connectivity index (χ2n) is 2.00. The van der Waals surface area contributed by atoms with Crippen molar-refractivity contribution in [3.05, 3.63) is 0 Å². The number of carboxylic acid groups (broad SMARTS) is 1. The first-order valence-corrected chi connectivity index (χ1v) is 3.82. The number of carbonyl (C=O) groups excluding carboxylic acids is 1. The molecule has 0 saturated heterocycles. The first-order chi connectivity index (χ1) is 6.16. The number of hydrogen-bond acceptors (Lipinski definition) is 5. The zero-order chi connectivity index (χ0) is 10.1. The van der Waals surface area contributed by atoms with Crippen molar-refractivity contribution in [3.63, 3.8) is 0 Å². The minimum absolute atomic E-state index is 0.00867. The van der Waals surface area contributed by atoms with E-state index in [0.29, 0.717) is 6.42 Å². The first-order valence-electron chi connectivity index (χ1n) is 3.82. The van der Waals surface area contributed by atoms with Gasteiger partial charge in [-0.25, -0.2) is 9.59 Å². The Hall–Kier alpha value is -1.46. The van der Waals surface area contributed by atoms with Gasteiger partial charge in [0, 0.05) is 6.42 Å². The van der Waals surface area contributed by atoms with Gasteiger partial charge in [-0.15, -0.1) is 0 Å². The molecule has 0 aliphatic rings. The Morgan fingerprint density at radius 2 is 1.77 bits per heavy atom. The van der Waals surface area contributed by atoms with E-state index < -0.39 is 12.3 Å². The van der Waals surface area contributed by atoms with Crippen LogP contribution in [0.5, 0.6) is 0 Å². The molecule has 0 saturated carbocycles. The van der Waals surface area contributed by atoms with Crippen LogP contribution >= 0.6 is 0 Å². The quantitative estimate of drug-likeness (QED) is 0.521. The van der Waals surface area contributed by atoms with E-state index in [1.54, 1.807) is 6.92 Å². The summed E-state index contributed by atoms with van der Waals surface area (Å²) < 4.78 is 13.1. The van der Waals surface area contributed by atoms with Crippen molar-refractivity contribution in [2.45, 2.75) is 13.3 Å². The van der Waals surface area contributed by atoms with Gasteiger partial charge in [0.15, 0.2) is 0 Å². The highest BCUT2D eigenvalue weighted by Crippen LogP contribution is 1.89. The molecule has 0 aliphatic carbocycles. The smallest absolute Gasteiger partial charge is 0.450 e. The summed E-state index contributed by atoms with van der Waals surface area (Å²) in [6.45, 7) is 2.01. The maximum Gasteiger partial charge on any atom is 0.508 e. The summed E-state index contributed by atoms with van der Waals surface area (Å²) >= 11 is 0. The monoisotopic (exact) mass is 192 g/mol. The van der Waals surface area contributed by atoms with E-state index in [4.69, 9.17) is 5.11 Å². The van der Waals surface area contributed by atoms with Crippen molar-refractivity contribution in [1.82, 2.24) is 0 Å². The van der Waals surface area contributed by atoms with Gasteiger partial charge >= 0.3 is 12.3 Å². The minimum Gasteiger partial charge on any atom is -0.450 e. The van der Waals surface area contributed by atoms with E-state index in [1.165, 1.54) is 0 Å². The first kappa shape index (κ1) is 11.5. The molecule has 0 spiro atoms. The highest BCUT2D eigenvalue weighted by Gasteiger charge is 2.01. The van der Waals surface area contributed by atoms with Crippen molar-refractivity contribution in [3.8, 4) is 0 Å². The maximum absolute atomic E-state index is 10.5. The average Bonchev–Trinajstić information content (AvgIpc) is 2.03. The molecule has 1 N–H and O–H groups in total. The van der Waals surface area contributed by atoms with Crippen LogP contribution < -0.4 is 0 Å². The summed E-state index contributed by atoms with van der Waals surface area (Å²) in [5.41, 5.74) is 0. The minimum atomic E-state index is -1.34. The second-order valence-corrected chi connectivity index (χ2v) is 2.00. The van der Waals surface area contributed by atoms with Crippen LogP contribution in [0.25, 0.3) is 0 Å². The van der Waals surface area contributed by atoms with Crippen molar-refractivity contribution in [1.29, 1.82) is 0 Å². The Morgan fingerprint density at radius 3 is 2.31 bits per heavy atom. The van der Waals surface area contributed by atoms with Crippen LogP contribution in [0.1, 0.15) is 13.3 Å². The van der Waals surface area contributed by atoms with E-state index >= 15 is 0 Å². The van der Waals surface area contributed by atoms with Gasteiger partial charge in [0.1, 0.15) is 0 Å². The summed E-state index contributed by atoms with van der Waals surface area (Å²) in [5.74, 6) is 0. The largest absolute Gasteiger partial charge is 0.508 e. The van der Waals surface area contributed by atoms with Crippen LogP contribution in [0.4, 0.5) is 9.59 Å². The van der Waals surface area contributed by atoms with Gasteiger partial charge < -0.3 is 19.3 Å². The average molecular weight is 192 g/mol. The molecule has 0 bridgehead atoms. The summed E-state index contributed by atoms with van der Waals surface area (Å²) in [6.07, 6.45) is -1.76. The van der Waals surface area contributed by atoms with Gasteiger partial charge in [0.2, 0.25) is 0 Å². The van der Waals surface area contributed by atoms with Gasteiger partial charge in [-0.1, -0.05) is 0 Å². The van der Waals surface area contributed by atoms with Crippen molar-refractivity contribution >= 4 is 12.3 Å².